The van der Waals surface area contributed by atoms with Crippen LogP contribution in [0.15, 0.2) is 0 Å². The van der Waals surface area contributed by atoms with Gasteiger partial charge in [0.15, 0.2) is 0 Å². The number of nitrogens with one attached hydrogen (secondary N) is 1. The van der Waals surface area contributed by atoms with E-state index in [2.05, 4.69) is 12.2 Å². The smallest absolute Gasteiger partial charge is 0.281 e. The Kier molecular flexibility index (Phi) is 8.77. The van der Waals surface area contributed by atoms with Crippen molar-refractivity contribution in [3.05, 3.63) is 0 Å². The van der Waals surface area contributed by atoms with Crippen molar-refractivity contribution in [1.29, 1.82) is 0 Å². The molecule has 5 nitrogen and oxygen atoms in total. The second-order valence-corrected chi connectivity index (χ2v) is 6.46. The van der Waals surface area contributed by atoms with Crippen LogP contribution in [0.2, 0.25) is 0 Å². The van der Waals surface area contributed by atoms with Crippen LogP contribution in [0.5, 0.6) is 0 Å². The van der Waals surface area contributed by atoms with Gasteiger partial charge < -0.3 is 5.32 Å². The van der Waals surface area contributed by atoms with Gasteiger partial charge in [-0.25, -0.2) is 0 Å². The molecule has 0 amide bonds. The molecule has 6 heteroatoms. The zero-order valence-corrected chi connectivity index (χ0v) is 12.4. The molecule has 0 heterocycles. The van der Waals surface area contributed by atoms with Crippen LogP contribution in [0, 0.1) is 0 Å². The van der Waals surface area contributed by atoms with Gasteiger partial charge in [0, 0.05) is 27.2 Å². The lowest BCUT2D eigenvalue weighted by molar-refractivity contribution is 0.382. The molecule has 0 saturated carbocycles. The summed E-state index contributed by atoms with van der Waals surface area (Å²) in [5, 5.41) is 3.01. The van der Waals surface area contributed by atoms with Crippen LogP contribution in [-0.4, -0.2) is 57.8 Å². The molecule has 0 aromatic carbocycles. The average molecular weight is 265 g/mol. The van der Waals surface area contributed by atoms with Crippen molar-refractivity contribution < 1.29 is 8.42 Å². The second-order valence-electron chi connectivity index (χ2n) is 4.32. The summed E-state index contributed by atoms with van der Waals surface area (Å²) in [7, 11) is 1.90. The van der Waals surface area contributed by atoms with Crippen LogP contribution < -0.4 is 5.32 Å². The highest BCUT2D eigenvalue weighted by molar-refractivity contribution is 7.86. The molecule has 0 aliphatic carbocycles. The Hall–Kier alpha value is -0.170. The standard InChI is InChI=1S/C11H27N3O2S/c1-5-6-7-10-13(3)17(15,16)14(4)11-8-9-12-2/h12H,5-11H2,1-4H3. The summed E-state index contributed by atoms with van der Waals surface area (Å²) in [5.74, 6) is 0. The SMILES string of the molecule is CCCCCN(C)S(=O)(=O)N(C)CCCNC. The van der Waals surface area contributed by atoms with E-state index in [1.165, 1.54) is 8.61 Å². The van der Waals surface area contributed by atoms with Gasteiger partial charge in [0.25, 0.3) is 10.2 Å². The summed E-state index contributed by atoms with van der Waals surface area (Å²) >= 11 is 0. The Balaban J connectivity index is 4.14. The summed E-state index contributed by atoms with van der Waals surface area (Å²) in [4.78, 5) is 0. The number of hydrogen-bond donors (Lipinski definition) is 1. The Morgan fingerprint density at radius 3 is 2.00 bits per heavy atom. The van der Waals surface area contributed by atoms with Crippen LogP contribution in [0.4, 0.5) is 0 Å². The van der Waals surface area contributed by atoms with Crippen LogP contribution in [0.3, 0.4) is 0 Å². The van der Waals surface area contributed by atoms with Crippen molar-refractivity contribution in [2.75, 3.05) is 40.8 Å². The van der Waals surface area contributed by atoms with E-state index in [-0.39, 0.29) is 0 Å². The minimum atomic E-state index is -3.26. The van der Waals surface area contributed by atoms with Crippen LogP contribution in [0.1, 0.15) is 32.6 Å². The molecule has 0 aromatic heterocycles. The lowest BCUT2D eigenvalue weighted by Crippen LogP contribution is -2.40. The van der Waals surface area contributed by atoms with E-state index in [4.69, 9.17) is 0 Å². The van der Waals surface area contributed by atoms with E-state index in [0.717, 1.165) is 32.2 Å². The van der Waals surface area contributed by atoms with E-state index >= 15 is 0 Å². The van der Waals surface area contributed by atoms with Gasteiger partial charge in [0.05, 0.1) is 0 Å². The first-order valence-electron chi connectivity index (χ1n) is 6.29. The zero-order valence-electron chi connectivity index (χ0n) is 11.6. The molecule has 17 heavy (non-hydrogen) atoms. The Morgan fingerprint density at radius 1 is 1.00 bits per heavy atom. The summed E-state index contributed by atoms with van der Waals surface area (Å²) in [6, 6.07) is 0. The topological polar surface area (TPSA) is 52.7 Å². The summed E-state index contributed by atoms with van der Waals surface area (Å²) in [5.41, 5.74) is 0. The molecule has 1 N–H and O–H groups in total. The monoisotopic (exact) mass is 265 g/mol. The van der Waals surface area contributed by atoms with E-state index in [1.54, 1.807) is 14.1 Å². The van der Waals surface area contributed by atoms with Gasteiger partial charge in [-0.3, -0.25) is 0 Å². The fourth-order valence-electron chi connectivity index (χ4n) is 1.53. The summed E-state index contributed by atoms with van der Waals surface area (Å²) < 4.78 is 27.0. The molecular formula is C11H27N3O2S. The minimum Gasteiger partial charge on any atom is -0.320 e. The van der Waals surface area contributed by atoms with E-state index in [0.29, 0.717) is 13.1 Å². The highest BCUT2D eigenvalue weighted by Gasteiger charge is 2.22. The van der Waals surface area contributed by atoms with Crippen molar-refractivity contribution in [1.82, 2.24) is 13.9 Å². The molecule has 0 atom stereocenters. The summed E-state index contributed by atoms with van der Waals surface area (Å²) in [6.45, 7) is 4.10. The molecule has 0 aliphatic heterocycles. The Labute approximate surface area is 106 Å². The van der Waals surface area contributed by atoms with Crippen LogP contribution in [-0.2, 0) is 10.2 Å². The number of nitrogens with zero attached hydrogens (tertiary/aromatic N) is 2. The van der Waals surface area contributed by atoms with Crippen LogP contribution in [0.25, 0.3) is 0 Å². The predicted molar refractivity (Wildman–Crippen MR) is 72.2 cm³/mol. The molecule has 0 radical (unpaired) electrons. The molecule has 0 unspecified atom stereocenters. The van der Waals surface area contributed by atoms with Gasteiger partial charge in [-0.2, -0.15) is 17.0 Å². The van der Waals surface area contributed by atoms with Crippen molar-refractivity contribution in [2.24, 2.45) is 0 Å². The molecule has 0 bridgehead atoms. The first kappa shape index (κ1) is 16.8. The summed E-state index contributed by atoms with van der Waals surface area (Å²) in [6.07, 6.45) is 3.93. The fourth-order valence-corrected chi connectivity index (χ4v) is 2.73. The predicted octanol–water partition coefficient (Wildman–Crippen LogP) is 0.895. The fraction of sp³-hybridized carbons (Fsp3) is 1.00. The van der Waals surface area contributed by atoms with Gasteiger partial charge in [-0.1, -0.05) is 19.8 Å². The third-order valence-electron chi connectivity index (χ3n) is 2.76. The highest BCUT2D eigenvalue weighted by Crippen LogP contribution is 2.06. The zero-order chi connectivity index (χ0) is 13.3. The molecule has 0 aliphatic rings. The normalized spacial score (nSPS) is 12.6. The van der Waals surface area contributed by atoms with Crippen molar-refractivity contribution in [2.45, 2.75) is 32.6 Å². The molecule has 104 valence electrons. The third-order valence-corrected chi connectivity index (χ3v) is 4.70. The number of unbranched alkanes of at least 4 members (excludes halogenated alkanes) is 2. The lowest BCUT2D eigenvalue weighted by atomic mass is 10.2. The molecule has 0 aromatic rings. The largest absolute Gasteiger partial charge is 0.320 e. The van der Waals surface area contributed by atoms with E-state index in [1.807, 2.05) is 7.05 Å². The molecular weight excluding hydrogens is 238 g/mol. The Bertz CT molecular complexity index is 258. The highest BCUT2D eigenvalue weighted by atomic mass is 32.2. The maximum atomic E-state index is 12.1. The average Bonchev–Trinajstić information content (AvgIpc) is 2.29. The van der Waals surface area contributed by atoms with Crippen molar-refractivity contribution in [3.8, 4) is 0 Å². The molecule has 0 saturated heterocycles. The van der Waals surface area contributed by atoms with E-state index < -0.39 is 10.2 Å². The van der Waals surface area contributed by atoms with Crippen LogP contribution >= 0.6 is 0 Å². The van der Waals surface area contributed by atoms with Crippen molar-refractivity contribution >= 4 is 10.2 Å². The van der Waals surface area contributed by atoms with Crippen molar-refractivity contribution in [3.63, 3.8) is 0 Å². The maximum Gasteiger partial charge on any atom is 0.281 e. The third kappa shape index (κ3) is 6.35. The Morgan fingerprint density at radius 2 is 1.53 bits per heavy atom. The quantitative estimate of drug-likeness (QED) is 0.597. The maximum absolute atomic E-state index is 12.1. The molecule has 0 fully saturated rings. The first-order chi connectivity index (χ1) is 7.96. The first-order valence-corrected chi connectivity index (χ1v) is 7.68. The van der Waals surface area contributed by atoms with Gasteiger partial charge in [-0.05, 0) is 26.4 Å². The van der Waals surface area contributed by atoms with E-state index in [9.17, 15) is 8.42 Å². The lowest BCUT2D eigenvalue weighted by Gasteiger charge is -2.24. The van der Waals surface area contributed by atoms with Gasteiger partial charge >= 0.3 is 0 Å². The molecule has 0 spiro atoms. The van der Waals surface area contributed by atoms with Gasteiger partial charge in [-0.15, -0.1) is 0 Å². The molecule has 0 rings (SSSR count). The van der Waals surface area contributed by atoms with Gasteiger partial charge in [0.1, 0.15) is 0 Å². The second kappa shape index (κ2) is 8.85. The minimum absolute atomic E-state index is 0.557. The van der Waals surface area contributed by atoms with Gasteiger partial charge in [0.2, 0.25) is 0 Å². The number of hydrogen-bond acceptors (Lipinski definition) is 3. The number of rotatable bonds is 10.